The first-order valence-electron chi connectivity index (χ1n) is 7.34. The van der Waals surface area contributed by atoms with E-state index in [9.17, 15) is 4.79 Å². The van der Waals surface area contributed by atoms with Crippen LogP contribution in [-0.4, -0.2) is 29.9 Å². The van der Waals surface area contributed by atoms with E-state index in [4.69, 9.17) is 5.73 Å². The molecule has 0 radical (unpaired) electrons. The van der Waals surface area contributed by atoms with E-state index in [0.717, 1.165) is 38.6 Å². The van der Waals surface area contributed by atoms with Crippen LogP contribution in [0.5, 0.6) is 0 Å². The number of likely N-dealkylation sites (tertiary alicyclic amines) is 1. The van der Waals surface area contributed by atoms with Gasteiger partial charge in [0.05, 0.1) is 0 Å². The van der Waals surface area contributed by atoms with Crippen molar-refractivity contribution in [2.45, 2.75) is 44.6 Å². The zero-order valence-corrected chi connectivity index (χ0v) is 11.6. The molecule has 1 amide bonds. The van der Waals surface area contributed by atoms with E-state index in [1.54, 1.807) is 0 Å². The van der Waals surface area contributed by atoms with Gasteiger partial charge in [0, 0.05) is 19.0 Å². The summed E-state index contributed by atoms with van der Waals surface area (Å²) in [5.74, 6) is 0.293. The van der Waals surface area contributed by atoms with Gasteiger partial charge in [-0.2, -0.15) is 0 Å². The summed E-state index contributed by atoms with van der Waals surface area (Å²) < 4.78 is 0. The third-order valence-electron chi connectivity index (χ3n) is 3.90. The molecule has 3 heteroatoms. The van der Waals surface area contributed by atoms with E-state index >= 15 is 0 Å². The lowest BCUT2D eigenvalue weighted by Crippen LogP contribution is -2.35. The Bertz CT molecular complexity index is 391. The smallest absolute Gasteiger partial charge is 0.222 e. The maximum atomic E-state index is 12.1. The Balaban J connectivity index is 1.83. The number of carbonyl (C=O) groups excluding carboxylic acids is 1. The van der Waals surface area contributed by atoms with Crippen molar-refractivity contribution in [1.82, 2.24) is 4.90 Å². The van der Waals surface area contributed by atoms with Crippen LogP contribution in [0.3, 0.4) is 0 Å². The first-order chi connectivity index (χ1) is 9.31. The lowest BCUT2D eigenvalue weighted by molar-refractivity contribution is -0.132. The average molecular weight is 260 g/mol. The highest BCUT2D eigenvalue weighted by atomic mass is 16.2. The summed E-state index contributed by atoms with van der Waals surface area (Å²) in [4.78, 5) is 14.2. The van der Waals surface area contributed by atoms with E-state index in [1.807, 2.05) is 6.07 Å². The molecule has 1 heterocycles. The second-order valence-corrected chi connectivity index (χ2v) is 5.30. The quantitative estimate of drug-likeness (QED) is 0.853. The molecular formula is C16H24N2O. The summed E-state index contributed by atoms with van der Waals surface area (Å²) >= 11 is 0. The summed E-state index contributed by atoms with van der Waals surface area (Å²) in [7, 11) is 0. The van der Waals surface area contributed by atoms with Crippen molar-refractivity contribution in [2.24, 2.45) is 5.73 Å². The Hall–Kier alpha value is -1.35. The lowest BCUT2D eigenvalue weighted by Gasteiger charge is -2.25. The fourth-order valence-corrected chi connectivity index (χ4v) is 2.84. The second-order valence-electron chi connectivity index (χ2n) is 5.30. The number of hydrogen-bond donors (Lipinski definition) is 1. The Morgan fingerprint density at radius 1 is 1.32 bits per heavy atom. The number of carbonyl (C=O) groups is 1. The number of nitrogens with zero attached hydrogens (tertiary/aromatic N) is 1. The molecule has 0 aromatic heterocycles. The Morgan fingerprint density at radius 3 is 2.84 bits per heavy atom. The molecule has 0 bridgehead atoms. The van der Waals surface area contributed by atoms with Crippen LogP contribution in [0, 0.1) is 0 Å². The van der Waals surface area contributed by atoms with Gasteiger partial charge in [0.25, 0.3) is 0 Å². The Morgan fingerprint density at radius 2 is 2.11 bits per heavy atom. The normalized spacial score (nSPS) is 18.8. The molecule has 0 aliphatic carbocycles. The molecule has 1 aliphatic rings. The number of amides is 1. The minimum Gasteiger partial charge on any atom is -0.340 e. The van der Waals surface area contributed by atoms with Gasteiger partial charge in [0.1, 0.15) is 0 Å². The summed E-state index contributed by atoms with van der Waals surface area (Å²) in [6.45, 7) is 1.54. The molecule has 3 nitrogen and oxygen atoms in total. The Kier molecular flexibility index (Phi) is 5.40. The Labute approximate surface area is 115 Å². The third-order valence-corrected chi connectivity index (χ3v) is 3.90. The minimum atomic E-state index is 0.293. The lowest BCUT2D eigenvalue weighted by atomic mass is 10.0. The van der Waals surface area contributed by atoms with Gasteiger partial charge in [-0.1, -0.05) is 30.3 Å². The van der Waals surface area contributed by atoms with Crippen molar-refractivity contribution in [3.63, 3.8) is 0 Å². The molecule has 1 fully saturated rings. The maximum absolute atomic E-state index is 12.1. The molecule has 1 atom stereocenters. The largest absolute Gasteiger partial charge is 0.340 e. The van der Waals surface area contributed by atoms with Crippen molar-refractivity contribution in [2.75, 3.05) is 13.1 Å². The molecule has 104 valence electrons. The van der Waals surface area contributed by atoms with Crippen molar-refractivity contribution < 1.29 is 4.79 Å². The van der Waals surface area contributed by atoms with Gasteiger partial charge in [0.2, 0.25) is 5.91 Å². The molecule has 0 spiro atoms. The number of benzene rings is 1. The van der Waals surface area contributed by atoms with E-state index in [0.29, 0.717) is 24.9 Å². The fraction of sp³-hybridized carbons (Fsp3) is 0.562. The number of aryl methyl sites for hydroxylation is 1. The third kappa shape index (κ3) is 4.06. The van der Waals surface area contributed by atoms with Crippen LogP contribution in [0.15, 0.2) is 30.3 Å². The van der Waals surface area contributed by atoms with Crippen molar-refractivity contribution in [1.29, 1.82) is 0 Å². The highest BCUT2D eigenvalue weighted by Crippen LogP contribution is 2.22. The number of rotatable bonds is 6. The van der Waals surface area contributed by atoms with Gasteiger partial charge < -0.3 is 10.6 Å². The predicted octanol–water partition coefficient (Wildman–Crippen LogP) is 2.35. The highest BCUT2D eigenvalue weighted by Gasteiger charge is 2.27. The number of nitrogens with two attached hydrogens (primary N) is 1. The van der Waals surface area contributed by atoms with E-state index in [2.05, 4.69) is 29.2 Å². The van der Waals surface area contributed by atoms with Crippen LogP contribution in [0.25, 0.3) is 0 Å². The fourth-order valence-electron chi connectivity index (χ4n) is 2.84. The molecule has 1 aromatic carbocycles. The number of hydrogen-bond acceptors (Lipinski definition) is 2. The van der Waals surface area contributed by atoms with Gasteiger partial charge >= 0.3 is 0 Å². The topological polar surface area (TPSA) is 46.3 Å². The summed E-state index contributed by atoms with van der Waals surface area (Å²) in [5.41, 5.74) is 6.84. The standard InChI is InChI=1S/C16H24N2O/c17-12-4-9-16(19)18-13-5-8-15(18)11-10-14-6-2-1-3-7-14/h1-3,6-7,15H,4-5,8-13,17H2. The van der Waals surface area contributed by atoms with E-state index in [1.165, 1.54) is 5.56 Å². The van der Waals surface area contributed by atoms with Crippen LogP contribution in [0.4, 0.5) is 0 Å². The van der Waals surface area contributed by atoms with Crippen LogP contribution in [0.2, 0.25) is 0 Å². The summed E-state index contributed by atoms with van der Waals surface area (Å²) in [6.07, 6.45) is 5.86. The van der Waals surface area contributed by atoms with Crippen LogP contribution in [0.1, 0.15) is 37.7 Å². The molecule has 2 N–H and O–H groups in total. The SMILES string of the molecule is NCCCC(=O)N1CCCC1CCc1ccccc1. The zero-order valence-electron chi connectivity index (χ0n) is 11.6. The molecule has 1 aromatic rings. The van der Waals surface area contributed by atoms with Gasteiger partial charge in [-0.15, -0.1) is 0 Å². The molecule has 0 saturated carbocycles. The van der Waals surface area contributed by atoms with Crippen LogP contribution >= 0.6 is 0 Å². The van der Waals surface area contributed by atoms with Gasteiger partial charge in [-0.3, -0.25) is 4.79 Å². The molecule has 1 saturated heterocycles. The van der Waals surface area contributed by atoms with Gasteiger partial charge in [0.15, 0.2) is 0 Å². The highest BCUT2D eigenvalue weighted by molar-refractivity contribution is 5.76. The molecule has 1 unspecified atom stereocenters. The predicted molar refractivity (Wildman–Crippen MR) is 77.8 cm³/mol. The van der Waals surface area contributed by atoms with Crippen LogP contribution in [-0.2, 0) is 11.2 Å². The van der Waals surface area contributed by atoms with E-state index < -0.39 is 0 Å². The zero-order chi connectivity index (χ0) is 13.5. The maximum Gasteiger partial charge on any atom is 0.222 e. The molecule has 1 aliphatic heterocycles. The van der Waals surface area contributed by atoms with Crippen molar-refractivity contribution >= 4 is 5.91 Å². The summed E-state index contributed by atoms with van der Waals surface area (Å²) in [6, 6.07) is 11.0. The molecular weight excluding hydrogens is 236 g/mol. The average Bonchev–Trinajstić information content (AvgIpc) is 2.92. The van der Waals surface area contributed by atoms with E-state index in [-0.39, 0.29) is 0 Å². The molecule has 2 rings (SSSR count). The van der Waals surface area contributed by atoms with Gasteiger partial charge in [-0.25, -0.2) is 0 Å². The summed E-state index contributed by atoms with van der Waals surface area (Å²) in [5, 5.41) is 0. The minimum absolute atomic E-state index is 0.293. The van der Waals surface area contributed by atoms with Gasteiger partial charge in [-0.05, 0) is 44.2 Å². The first kappa shape index (κ1) is 14.1. The first-order valence-corrected chi connectivity index (χ1v) is 7.34. The van der Waals surface area contributed by atoms with Crippen molar-refractivity contribution in [3.8, 4) is 0 Å². The second kappa shape index (κ2) is 7.29. The van der Waals surface area contributed by atoms with Crippen LogP contribution < -0.4 is 5.73 Å². The molecule has 19 heavy (non-hydrogen) atoms. The van der Waals surface area contributed by atoms with Crippen molar-refractivity contribution in [3.05, 3.63) is 35.9 Å². The monoisotopic (exact) mass is 260 g/mol.